The molecule has 0 unspecified atom stereocenters. The lowest BCUT2D eigenvalue weighted by Crippen LogP contribution is -2.27. The number of carbonyl (C=O) groups is 1. The van der Waals surface area contributed by atoms with Gasteiger partial charge in [0.25, 0.3) is 0 Å². The molecule has 0 atom stereocenters. The van der Waals surface area contributed by atoms with Crippen LogP contribution in [0.4, 0.5) is 36.3 Å². The van der Waals surface area contributed by atoms with Gasteiger partial charge in [0, 0.05) is 24.5 Å². The van der Waals surface area contributed by atoms with Gasteiger partial charge in [-0.3, -0.25) is 9.97 Å². The lowest BCUT2D eigenvalue weighted by molar-refractivity contribution is -0.192. The molecule has 4 aromatic rings. The third-order valence-electron chi connectivity index (χ3n) is 7.04. The highest BCUT2D eigenvalue weighted by Gasteiger charge is 2.38. The van der Waals surface area contributed by atoms with E-state index in [1.165, 1.54) is 5.56 Å². The topological polar surface area (TPSA) is 164 Å². The molecule has 3 aromatic heterocycles. The SMILES string of the molecule is CCc1cc(Nc2ncc(Br)c(Nc3ccc4nccnc4c3P(C)(C)=O)n2)c(OC)nc1C1CCNCC1.O=C(O)C(F)(F)F. The van der Waals surface area contributed by atoms with Gasteiger partial charge in [0.05, 0.1) is 33.8 Å². The fourth-order valence-electron chi connectivity index (χ4n) is 4.96. The number of alkyl halides is 3. The van der Waals surface area contributed by atoms with Crippen molar-refractivity contribution in [3.8, 4) is 5.88 Å². The highest BCUT2D eigenvalue weighted by Crippen LogP contribution is 2.41. The van der Waals surface area contributed by atoms with Gasteiger partial charge in [-0.25, -0.2) is 14.8 Å². The zero-order chi connectivity index (χ0) is 33.6. The Morgan fingerprint density at radius 2 is 1.78 bits per heavy atom. The summed E-state index contributed by atoms with van der Waals surface area (Å²) in [4.78, 5) is 31.8. The van der Waals surface area contributed by atoms with Gasteiger partial charge in [-0.15, -0.1) is 0 Å². The fraction of sp³-hybridized carbons (Fsp3) is 0.379. The van der Waals surface area contributed by atoms with Crippen molar-refractivity contribution in [3.05, 3.63) is 52.5 Å². The van der Waals surface area contributed by atoms with Gasteiger partial charge in [0.2, 0.25) is 11.8 Å². The molecule has 46 heavy (non-hydrogen) atoms. The Bertz CT molecular complexity index is 1770. The summed E-state index contributed by atoms with van der Waals surface area (Å²) in [6.45, 7) is 7.58. The molecule has 4 heterocycles. The van der Waals surface area contributed by atoms with E-state index in [9.17, 15) is 17.7 Å². The molecule has 5 rings (SSSR count). The third kappa shape index (κ3) is 8.47. The summed E-state index contributed by atoms with van der Waals surface area (Å²) in [5.74, 6) is -0.949. The zero-order valence-corrected chi connectivity index (χ0v) is 27.9. The third-order valence-corrected chi connectivity index (χ3v) is 9.15. The molecular formula is C29H33BrF3N8O4P. The van der Waals surface area contributed by atoms with E-state index in [4.69, 9.17) is 24.6 Å². The van der Waals surface area contributed by atoms with Crippen molar-refractivity contribution < 1.29 is 32.4 Å². The van der Waals surface area contributed by atoms with Crippen LogP contribution in [0.15, 0.2) is 41.3 Å². The second-order valence-corrected chi connectivity index (χ2v) is 14.7. The van der Waals surface area contributed by atoms with E-state index in [1.807, 2.05) is 12.1 Å². The van der Waals surface area contributed by atoms with Crippen LogP contribution in [0.3, 0.4) is 0 Å². The minimum atomic E-state index is -5.08. The Morgan fingerprint density at radius 3 is 2.39 bits per heavy atom. The van der Waals surface area contributed by atoms with E-state index >= 15 is 0 Å². The molecule has 17 heteroatoms. The summed E-state index contributed by atoms with van der Waals surface area (Å²) >= 11 is 3.55. The quantitative estimate of drug-likeness (QED) is 0.157. The number of nitrogens with zero attached hydrogens (tertiary/aromatic N) is 5. The Balaban J connectivity index is 0.000000617. The van der Waals surface area contributed by atoms with Crippen LogP contribution in [0.25, 0.3) is 11.0 Å². The number of anilines is 4. The van der Waals surface area contributed by atoms with Crippen LogP contribution in [0, 0.1) is 0 Å². The average molecular weight is 726 g/mol. The second kappa shape index (κ2) is 14.7. The summed E-state index contributed by atoms with van der Waals surface area (Å²) in [7, 11) is -1.10. The van der Waals surface area contributed by atoms with Crippen molar-refractivity contribution in [2.75, 3.05) is 44.2 Å². The van der Waals surface area contributed by atoms with Crippen LogP contribution in [0.2, 0.25) is 0 Å². The number of piperidine rings is 1. The predicted molar refractivity (Wildman–Crippen MR) is 174 cm³/mol. The highest BCUT2D eigenvalue weighted by atomic mass is 79.9. The Hall–Kier alpha value is -3.88. The second-order valence-electron chi connectivity index (χ2n) is 10.6. The van der Waals surface area contributed by atoms with Gasteiger partial charge in [0.15, 0.2) is 0 Å². The minimum absolute atomic E-state index is 0.371. The Kier molecular flexibility index (Phi) is 11.2. The van der Waals surface area contributed by atoms with Crippen molar-refractivity contribution in [1.29, 1.82) is 0 Å². The number of ether oxygens (including phenoxy) is 1. The number of pyridine rings is 1. The number of carboxylic acids is 1. The molecule has 12 nitrogen and oxygen atoms in total. The number of aromatic nitrogens is 5. The number of benzene rings is 1. The van der Waals surface area contributed by atoms with E-state index in [-0.39, 0.29) is 0 Å². The number of halogens is 4. The number of carboxylic acid groups (broad SMARTS) is 1. The number of rotatable bonds is 8. The van der Waals surface area contributed by atoms with Gasteiger partial charge >= 0.3 is 12.1 Å². The number of hydrogen-bond donors (Lipinski definition) is 4. The van der Waals surface area contributed by atoms with E-state index in [2.05, 4.69) is 59.8 Å². The molecule has 0 radical (unpaired) electrons. The molecule has 0 aliphatic carbocycles. The van der Waals surface area contributed by atoms with E-state index in [0.717, 1.165) is 38.0 Å². The number of aryl methyl sites for hydroxylation is 1. The average Bonchev–Trinajstić information content (AvgIpc) is 3.02. The number of fused-ring (bicyclic) bond motifs is 1. The van der Waals surface area contributed by atoms with Gasteiger partial charge in [-0.05, 0) is 85.4 Å². The summed E-state index contributed by atoms with van der Waals surface area (Å²) in [5.41, 5.74) is 4.94. The summed E-state index contributed by atoms with van der Waals surface area (Å²) in [6.07, 6.45) is 2.80. The van der Waals surface area contributed by atoms with Crippen LogP contribution in [0.1, 0.15) is 36.9 Å². The maximum atomic E-state index is 13.3. The molecule has 246 valence electrons. The monoisotopic (exact) mass is 724 g/mol. The summed E-state index contributed by atoms with van der Waals surface area (Å²) in [5, 5.41) is 17.8. The number of hydrogen-bond acceptors (Lipinski definition) is 11. The van der Waals surface area contributed by atoms with Crippen LogP contribution in [-0.2, 0) is 15.8 Å². The highest BCUT2D eigenvalue weighted by molar-refractivity contribution is 9.10. The lowest BCUT2D eigenvalue weighted by Gasteiger charge is -2.25. The van der Waals surface area contributed by atoms with Crippen molar-refractivity contribution in [2.45, 2.75) is 38.3 Å². The molecule has 4 N–H and O–H groups in total. The van der Waals surface area contributed by atoms with Crippen LogP contribution in [-0.4, -0.2) is 75.7 Å². The predicted octanol–water partition coefficient (Wildman–Crippen LogP) is 5.98. The number of aliphatic carboxylic acids is 1. The van der Waals surface area contributed by atoms with E-state index < -0.39 is 19.3 Å². The maximum Gasteiger partial charge on any atom is 0.490 e. The first kappa shape index (κ1) is 35.0. The van der Waals surface area contributed by atoms with Gasteiger partial charge in [0.1, 0.15) is 24.2 Å². The fourth-order valence-corrected chi connectivity index (χ4v) is 6.64. The van der Waals surface area contributed by atoms with Crippen molar-refractivity contribution in [3.63, 3.8) is 0 Å². The van der Waals surface area contributed by atoms with E-state index in [0.29, 0.717) is 55.7 Å². The molecule has 0 saturated carbocycles. The first-order valence-corrected chi connectivity index (χ1v) is 17.6. The largest absolute Gasteiger partial charge is 0.490 e. The first-order valence-electron chi connectivity index (χ1n) is 14.2. The van der Waals surface area contributed by atoms with Gasteiger partial charge < -0.3 is 30.4 Å². The molecule has 1 aliphatic rings. The Morgan fingerprint density at radius 1 is 1.11 bits per heavy atom. The standard InChI is InChI=1S/C27H32BrN8O2P.C2HF3O2/c1-5-16-14-21(26(38-2)35-22(16)17-8-10-29-11-9-17)34-27-32-15-18(28)25(36-27)33-20-7-6-19-23(31-13-12-30-19)24(20)39(3,4)37;3-2(4,5)1(6)7/h6-7,12-15,17,29H,5,8-11H2,1-4H3,(H2,32,33,34,36);(H,6,7). The molecular weight excluding hydrogens is 692 g/mol. The zero-order valence-electron chi connectivity index (χ0n) is 25.4. The molecule has 1 aliphatic heterocycles. The number of methoxy groups -OCH3 is 1. The van der Waals surface area contributed by atoms with Crippen LogP contribution in [0.5, 0.6) is 5.88 Å². The summed E-state index contributed by atoms with van der Waals surface area (Å²) < 4.78 is 51.4. The van der Waals surface area contributed by atoms with Gasteiger partial charge in [-0.1, -0.05) is 6.92 Å². The lowest BCUT2D eigenvalue weighted by atomic mass is 9.90. The summed E-state index contributed by atoms with van der Waals surface area (Å²) in [6, 6.07) is 5.80. The van der Waals surface area contributed by atoms with Gasteiger partial charge in [-0.2, -0.15) is 18.2 Å². The Labute approximate surface area is 271 Å². The smallest absolute Gasteiger partial charge is 0.480 e. The maximum absolute atomic E-state index is 13.3. The van der Waals surface area contributed by atoms with Crippen molar-refractivity contribution >= 4 is 68.5 Å². The molecule has 1 fully saturated rings. The van der Waals surface area contributed by atoms with Crippen molar-refractivity contribution in [2.24, 2.45) is 0 Å². The normalized spacial score (nSPS) is 13.9. The molecule has 1 saturated heterocycles. The molecule has 0 bridgehead atoms. The van der Waals surface area contributed by atoms with E-state index in [1.54, 1.807) is 39.0 Å². The van der Waals surface area contributed by atoms with Crippen LogP contribution >= 0.6 is 23.1 Å². The molecule has 0 amide bonds. The van der Waals surface area contributed by atoms with Crippen LogP contribution < -0.4 is 26.0 Å². The minimum Gasteiger partial charge on any atom is -0.480 e. The first-order chi connectivity index (χ1) is 21.7. The molecule has 1 aromatic carbocycles. The number of nitrogens with one attached hydrogen (secondary N) is 3. The van der Waals surface area contributed by atoms with Crippen molar-refractivity contribution in [1.82, 2.24) is 30.2 Å². The molecule has 0 spiro atoms.